The molecule has 0 heterocycles. The third-order valence-electron chi connectivity index (χ3n) is 1.86. The van der Waals surface area contributed by atoms with Crippen molar-refractivity contribution < 1.29 is 9.53 Å². The summed E-state index contributed by atoms with van der Waals surface area (Å²) in [6.45, 7) is 0. The fourth-order valence-electron chi connectivity index (χ4n) is 1.14. The predicted molar refractivity (Wildman–Crippen MR) is 38.5 cm³/mol. The van der Waals surface area contributed by atoms with Gasteiger partial charge >= 0.3 is 0 Å². The summed E-state index contributed by atoms with van der Waals surface area (Å²) in [4.78, 5) is 10.3. The molecule has 0 radical (unpaired) electrons. The lowest BCUT2D eigenvalue weighted by molar-refractivity contribution is -0.111. The molecule has 2 heteroatoms. The summed E-state index contributed by atoms with van der Waals surface area (Å²) < 4.78 is 5.03. The van der Waals surface area contributed by atoms with Crippen molar-refractivity contribution in [1.82, 2.24) is 0 Å². The molecule has 0 aromatic rings. The Hall–Kier alpha value is -0.790. The van der Waals surface area contributed by atoms with E-state index in [1.54, 1.807) is 7.11 Å². The van der Waals surface area contributed by atoms with Crippen LogP contribution in [0.5, 0.6) is 0 Å². The number of rotatable bonds is 2. The van der Waals surface area contributed by atoms with Gasteiger partial charge in [0.15, 0.2) is 0 Å². The Morgan fingerprint density at radius 2 is 2.60 bits per heavy atom. The van der Waals surface area contributed by atoms with E-state index in [1.807, 2.05) is 6.08 Å². The van der Waals surface area contributed by atoms with Crippen LogP contribution in [0.4, 0.5) is 0 Å². The zero-order valence-corrected chi connectivity index (χ0v) is 6.17. The molecule has 1 aliphatic rings. The molecular formula is C8H12O2. The minimum atomic E-state index is 0.235. The number of carbonyl (C=O) groups excluding carboxylic acids is 1. The molecule has 0 aliphatic heterocycles. The summed E-state index contributed by atoms with van der Waals surface area (Å²) in [5.74, 6) is 1.26. The second-order valence-electron chi connectivity index (χ2n) is 2.55. The third-order valence-corrected chi connectivity index (χ3v) is 1.86. The van der Waals surface area contributed by atoms with Crippen LogP contribution < -0.4 is 0 Å². The van der Waals surface area contributed by atoms with Crippen LogP contribution in [-0.2, 0) is 9.53 Å². The van der Waals surface area contributed by atoms with Gasteiger partial charge in [0.1, 0.15) is 6.29 Å². The smallest absolute Gasteiger partial charge is 0.123 e. The molecule has 56 valence electrons. The molecule has 0 amide bonds. The lowest BCUT2D eigenvalue weighted by Gasteiger charge is -2.15. The van der Waals surface area contributed by atoms with E-state index < -0.39 is 0 Å². The standard InChI is InChI=1S/C8H12O2/c1-10-8-4-2-7(6-9)3-5-8/h4,6-7H,2-3,5H2,1H3/t7-/m1/s1. The highest BCUT2D eigenvalue weighted by Gasteiger charge is 2.12. The van der Waals surface area contributed by atoms with Crippen molar-refractivity contribution in [2.45, 2.75) is 19.3 Å². The first-order valence-electron chi connectivity index (χ1n) is 3.55. The first-order chi connectivity index (χ1) is 4.86. The quantitative estimate of drug-likeness (QED) is 0.543. The van der Waals surface area contributed by atoms with Crippen molar-refractivity contribution in [3.05, 3.63) is 11.8 Å². The van der Waals surface area contributed by atoms with Gasteiger partial charge in [-0.15, -0.1) is 0 Å². The number of aldehydes is 1. The maximum Gasteiger partial charge on any atom is 0.123 e. The van der Waals surface area contributed by atoms with E-state index in [0.29, 0.717) is 0 Å². The summed E-state index contributed by atoms with van der Waals surface area (Å²) in [5, 5.41) is 0. The van der Waals surface area contributed by atoms with E-state index >= 15 is 0 Å². The molecule has 1 aliphatic carbocycles. The van der Waals surface area contributed by atoms with Gasteiger partial charge in [-0.25, -0.2) is 0 Å². The largest absolute Gasteiger partial charge is 0.501 e. The molecule has 0 N–H and O–H groups in total. The van der Waals surface area contributed by atoms with Gasteiger partial charge in [-0.3, -0.25) is 0 Å². The first kappa shape index (κ1) is 7.32. The second kappa shape index (κ2) is 3.40. The fraction of sp³-hybridized carbons (Fsp3) is 0.625. The number of ether oxygens (including phenoxy) is 1. The van der Waals surface area contributed by atoms with Crippen LogP contribution >= 0.6 is 0 Å². The lowest BCUT2D eigenvalue weighted by atomic mass is 9.95. The normalized spacial score (nSPS) is 25.3. The highest BCUT2D eigenvalue weighted by atomic mass is 16.5. The minimum absolute atomic E-state index is 0.235. The van der Waals surface area contributed by atoms with Crippen LogP contribution in [0, 0.1) is 5.92 Å². The average molecular weight is 140 g/mol. The fourth-order valence-corrected chi connectivity index (χ4v) is 1.14. The van der Waals surface area contributed by atoms with E-state index in [0.717, 1.165) is 31.3 Å². The molecule has 2 nitrogen and oxygen atoms in total. The zero-order chi connectivity index (χ0) is 7.40. The Morgan fingerprint density at radius 3 is 3.00 bits per heavy atom. The molecule has 0 saturated carbocycles. The summed E-state index contributed by atoms with van der Waals surface area (Å²) in [6, 6.07) is 0. The number of carbonyl (C=O) groups is 1. The van der Waals surface area contributed by atoms with Crippen LogP contribution in [0.1, 0.15) is 19.3 Å². The zero-order valence-electron chi connectivity index (χ0n) is 6.17. The molecular weight excluding hydrogens is 128 g/mol. The highest BCUT2D eigenvalue weighted by Crippen LogP contribution is 2.21. The van der Waals surface area contributed by atoms with Gasteiger partial charge in [0.2, 0.25) is 0 Å². The van der Waals surface area contributed by atoms with Crippen molar-refractivity contribution >= 4 is 6.29 Å². The Bertz CT molecular complexity index is 149. The van der Waals surface area contributed by atoms with Gasteiger partial charge in [-0.2, -0.15) is 0 Å². The summed E-state index contributed by atoms with van der Waals surface area (Å²) in [5.41, 5.74) is 0. The topological polar surface area (TPSA) is 26.3 Å². The third kappa shape index (κ3) is 1.59. The SMILES string of the molecule is COC1=CC[C@@H](C=O)CC1. The highest BCUT2D eigenvalue weighted by molar-refractivity contribution is 5.54. The number of hydrogen-bond donors (Lipinski definition) is 0. The molecule has 0 unspecified atom stereocenters. The predicted octanol–water partition coefficient (Wildman–Crippen LogP) is 1.52. The van der Waals surface area contributed by atoms with Crippen molar-refractivity contribution in [1.29, 1.82) is 0 Å². The van der Waals surface area contributed by atoms with Gasteiger partial charge in [-0.05, 0) is 18.9 Å². The van der Waals surface area contributed by atoms with E-state index in [9.17, 15) is 4.79 Å². The molecule has 0 aromatic carbocycles. The molecule has 1 atom stereocenters. The molecule has 10 heavy (non-hydrogen) atoms. The second-order valence-corrected chi connectivity index (χ2v) is 2.55. The van der Waals surface area contributed by atoms with E-state index in [4.69, 9.17) is 4.74 Å². The van der Waals surface area contributed by atoms with E-state index in [1.165, 1.54) is 0 Å². The van der Waals surface area contributed by atoms with Crippen molar-refractivity contribution in [2.75, 3.05) is 7.11 Å². The van der Waals surface area contributed by atoms with Gasteiger partial charge in [0, 0.05) is 12.3 Å². The minimum Gasteiger partial charge on any atom is -0.501 e. The van der Waals surface area contributed by atoms with Crippen LogP contribution in [0.25, 0.3) is 0 Å². The maximum atomic E-state index is 10.3. The van der Waals surface area contributed by atoms with Gasteiger partial charge in [0.05, 0.1) is 12.9 Å². The molecule has 0 aromatic heterocycles. The maximum absolute atomic E-state index is 10.3. The summed E-state index contributed by atoms with van der Waals surface area (Å²) in [6.07, 6.45) is 5.75. The summed E-state index contributed by atoms with van der Waals surface area (Å²) in [7, 11) is 1.67. The molecule has 1 rings (SSSR count). The van der Waals surface area contributed by atoms with Crippen LogP contribution in [0.3, 0.4) is 0 Å². The molecule has 0 fully saturated rings. The van der Waals surface area contributed by atoms with E-state index in [2.05, 4.69) is 0 Å². The van der Waals surface area contributed by atoms with Crippen molar-refractivity contribution in [2.24, 2.45) is 5.92 Å². The van der Waals surface area contributed by atoms with Crippen LogP contribution in [0.15, 0.2) is 11.8 Å². The van der Waals surface area contributed by atoms with Gasteiger partial charge in [-0.1, -0.05) is 0 Å². The van der Waals surface area contributed by atoms with Crippen molar-refractivity contribution in [3.8, 4) is 0 Å². The lowest BCUT2D eigenvalue weighted by Crippen LogP contribution is -2.07. The Morgan fingerprint density at radius 1 is 1.80 bits per heavy atom. The first-order valence-corrected chi connectivity index (χ1v) is 3.55. The molecule has 0 bridgehead atoms. The molecule has 0 saturated heterocycles. The average Bonchev–Trinajstić information content (AvgIpc) is 2.05. The summed E-state index contributed by atoms with van der Waals surface area (Å²) >= 11 is 0. The molecule has 0 spiro atoms. The number of allylic oxidation sites excluding steroid dienone is 2. The Labute approximate surface area is 60.9 Å². The number of methoxy groups -OCH3 is 1. The van der Waals surface area contributed by atoms with Gasteiger partial charge < -0.3 is 9.53 Å². The monoisotopic (exact) mass is 140 g/mol. The van der Waals surface area contributed by atoms with Crippen molar-refractivity contribution in [3.63, 3.8) is 0 Å². The van der Waals surface area contributed by atoms with E-state index in [-0.39, 0.29) is 5.92 Å². The van der Waals surface area contributed by atoms with Crippen LogP contribution in [-0.4, -0.2) is 13.4 Å². The Balaban J connectivity index is 2.43. The van der Waals surface area contributed by atoms with Gasteiger partial charge in [0.25, 0.3) is 0 Å². The number of hydrogen-bond acceptors (Lipinski definition) is 2. The Kier molecular flexibility index (Phi) is 2.49. The van der Waals surface area contributed by atoms with Crippen LogP contribution in [0.2, 0.25) is 0 Å².